The summed E-state index contributed by atoms with van der Waals surface area (Å²) >= 11 is 1.86. The molecule has 0 radical (unpaired) electrons. The van der Waals surface area contributed by atoms with Crippen molar-refractivity contribution in [3.63, 3.8) is 0 Å². The van der Waals surface area contributed by atoms with Crippen molar-refractivity contribution in [1.82, 2.24) is 5.32 Å². The van der Waals surface area contributed by atoms with Crippen molar-refractivity contribution in [2.75, 3.05) is 26.4 Å². The molecule has 0 bridgehead atoms. The van der Waals surface area contributed by atoms with Crippen LogP contribution in [0.1, 0.15) is 33.1 Å². The van der Waals surface area contributed by atoms with E-state index in [1.165, 1.54) is 0 Å². The summed E-state index contributed by atoms with van der Waals surface area (Å²) in [7, 11) is 0. The summed E-state index contributed by atoms with van der Waals surface area (Å²) in [5.74, 6) is -0.335. The summed E-state index contributed by atoms with van der Waals surface area (Å²) in [5.41, 5.74) is 0. The number of hydrogen-bond donors (Lipinski definition) is 2. The molecule has 2 fully saturated rings. The number of aliphatic hydroxyl groups excluding tert-OH is 1. The molecule has 3 atom stereocenters. The molecule has 1 saturated carbocycles. The second kappa shape index (κ2) is 6.57. The number of rotatable bonds is 5. The quantitative estimate of drug-likeness (QED) is 0.794. The van der Waals surface area contributed by atoms with Gasteiger partial charge in [0.15, 0.2) is 5.79 Å². The zero-order valence-corrected chi connectivity index (χ0v) is 12.2. The average Bonchev–Trinajstić information content (AvgIpc) is 2.81. The Balaban J connectivity index is 1.98. The Morgan fingerprint density at radius 1 is 1.44 bits per heavy atom. The Morgan fingerprint density at radius 2 is 2.17 bits per heavy atom. The van der Waals surface area contributed by atoms with Crippen molar-refractivity contribution in [3.05, 3.63) is 0 Å². The number of ether oxygens (including phenoxy) is 2. The number of aliphatic hydroxyl groups is 1. The van der Waals surface area contributed by atoms with Crippen LogP contribution in [0.4, 0.5) is 0 Å². The molecule has 1 spiro atoms. The van der Waals surface area contributed by atoms with Gasteiger partial charge in [-0.2, -0.15) is 11.8 Å². The Morgan fingerprint density at radius 3 is 2.78 bits per heavy atom. The van der Waals surface area contributed by atoms with E-state index in [0.29, 0.717) is 11.3 Å². The van der Waals surface area contributed by atoms with Crippen LogP contribution in [0.3, 0.4) is 0 Å². The molecule has 1 heterocycles. The highest BCUT2D eigenvalue weighted by Crippen LogP contribution is 2.41. The molecular weight excluding hydrogens is 250 g/mol. The van der Waals surface area contributed by atoms with Gasteiger partial charge in [0, 0.05) is 29.4 Å². The van der Waals surface area contributed by atoms with Crippen LogP contribution in [0.25, 0.3) is 0 Å². The molecule has 2 rings (SSSR count). The molecule has 5 heteroatoms. The van der Waals surface area contributed by atoms with E-state index in [1.807, 2.05) is 11.8 Å². The van der Waals surface area contributed by atoms with E-state index in [-0.39, 0.29) is 17.6 Å². The van der Waals surface area contributed by atoms with Crippen molar-refractivity contribution in [1.29, 1.82) is 0 Å². The van der Waals surface area contributed by atoms with E-state index in [4.69, 9.17) is 9.47 Å². The molecule has 106 valence electrons. The summed E-state index contributed by atoms with van der Waals surface area (Å²) in [4.78, 5) is 0. The Labute approximate surface area is 114 Å². The topological polar surface area (TPSA) is 50.7 Å². The van der Waals surface area contributed by atoms with Gasteiger partial charge in [-0.15, -0.1) is 0 Å². The lowest BCUT2D eigenvalue weighted by Gasteiger charge is -2.41. The summed E-state index contributed by atoms with van der Waals surface area (Å²) < 4.78 is 11.7. The van der Waals surface area contributed by atoms with Crippen LogP contribution in [-0.4, -0.2) is 53.8 Å². The van der Waals surface area contributed by atoms with Gasteiger partial charge in [0.2, 0.25) is 0 Å². The molecular formula is C13H25NO3S. The lowest BCUT2D eigenvalue weighted by molar-refractivity contribution is -0.178. The van der Waals surface area contributed by atoms with E-state index in [2.05, 4.69) is 19.2 Å². The van der Waals surface area contributed by atoms with Crippen LogP contribution in [0.5, 0.6) is 0 Å². The van der Waals surface area contributed by atoms with Gasteiger partial charge in [-0.25, -0.2) is 0 Å². The first-order valence-corrected chi connectivity index (χ1v) is 7.91. The van der Waals surface area contributed by atoms with Gasteiger partial charge in [-0.1, -0.05) is 13.8 Å². The number of nitrogens with one attached hydrogen (secondary N) is 1. The third-order valence-corrected chi connectivity index (χ3v) is 5.20. The Bertz CT molecular complexity index is 259. The van der Waals surface area contributed by atoms with Gasteiger partial charge in [0.25, 0.3) is 0 Å². The fourth-order valence-electron chi connectivity index (χ4n) is 2.85. The molecule has 1 aliphatic heterocycles. The lowest BCUT2D eigenvalue weighted by Crippen LogP contribution is -2.50. The molecule has 2 aliphatic rings. The van der Waals surface area contributed by atoms with Crippen LogP contribution < -0.4 is 5.32 Å². The molecule has 18 heavy (non-hydrogen) atoms. The molecule has 2 N–H and O–H groups in total. The first-order chi connectivity index (χ1) is 8.69. The lowest BCUT2D eigenvalue weighted by atomic mass is 9.89. The molecule has 0 amide bonds. The van der Waals surface area contributed by atoms with E-state index in [0.717, 1.165) is 39.0 Å². The summed E-state index contributed by atoms with van der Waals surface area (Å²) in [6.07, 6.45) is 3.00. The first kappa shape index (κ1) is 14.6. The van der Waals surface area contributed by atoms with Crippen molar-refractivity contribution in [2.24, 2.45) is 0 Å². The van der Waals surface area contributed by atoms with Crippen molar-refractivity contribution >= 4 is 11.8 Å². The molecule has 1 aliphatic carbocycles. The maximum atomic E-state index is 9.23. The highest BCUT2D eigenvalue weighted by atomic mass is 32.2. The van der Waals surface area contributed by atoms with Gasteiger partial charge in [-0.3, -0.25) is 0 Å². The van der Waals surface area contributed by atoms with Gasteiger partial charge in [0.05, 0.1) is 19.8 Å². The maximum Gasteiger partial charge on any atom is 0.169 e. The summed E-state index contributed by atoms with van der Waals surface area (Å²) in [5, 5.41) is 13.5. The standard InChI is InChI=1S/C13H25NO3S/c1-3-14-11-4-5-13(16-6-7-17-13)8-12(11)18-10(2)9-15/h10-12,14-15H,3-9H2,1-2H3. The van der Waals surface area contributed by atoms with Crippen LogP contribution in [0.2, 0.25) is 0 Å². The third-order valence-electron chi connectivity index (χ3n) is 3.74. The SMILES string of the molecule is CCNC1CCC2(CC1SC(C)CO)OCCO2. The second-order valence-corrected chi connectivity index (χ2v) is 6.86. The molecule has 0 aromatic heterocycles. The summed E-state index contributed by atoms with van der Waals surface area (Å²) in [6.45, 7) is 6.88. The van der Waals surface area contributed by atoms with Gasteiger partial charge >= 0.3 is 0 Å². The van der Waals surface area contributed by atoms with E-state index in [1.54, 1.807) is 0 Å². The number of hydrogen-bond acceptors (Lipinski definition) is 5. The molecule has 3 unspecified atom stereocenters. The second-order valence-electron chi connectivity index (χ2n) is 5.18. The minimum Gasteiger partial charge on any atom is -0.395 e. The zero-order valence-electron chi connectivity index (χ0n) is 11.4. The third kappa shape index (κ3) is 3.39. The maximum absolute atomic E-state index is 9.23. The largest absolute Gasteiger partial charge is 0.395 e. The van der Waals surface area contributed by atoms with Gasteiger partial charge in [0.1, 0.15) is 0 Å². The monoisotopic (exact) mass is 275 g/mol. The summed E-state index contributed by atoms with van der Waals surface area (Å²) in [6, 6.07) is 0.507. The minimum atomic E-state index is -0.335. The average molecular weight is 275 g/mol. The van der Waals surface area contributed by atoms with Crippen molar-refractivity contribution < 1.29 is 14.6 Å². The van der Waals surface area contributed by atoms with Crippen LogP contribution >= 0.6 is 11.8 Å². The number of thioether (sulfide) groups is 1. The molecule has 0 aromatic carbocycles. The first-order valence-electron chi connectivity index (χ1n) is 6.97. The Hall–Kier alpha value is 0.190. The molecule has 1 saturated heterocycles. The van der Waals surface area contributed by atoms with Crippen LogP contribution in [-0.2, 0) is 9.47 Å². The normalized spacial score (nSPS) is 32.8. The van der Waals surface area contributed by atoms with Crippen molar-refractivity contribution in [3.8, 4) is 0 Å². The molecule has 0 aromatic rings. The zero-order chi connectivity index (χ0) is 13.0. The fraction of sp³-hybridized carbons (Fsp3) is 1.00. The smallest absolute Gasteiger partial charge is 0.169 e. The van der Waals surface area contributed by atoms with E-state index >= 15 is 0 Å². The molecule has 4 nitrogen and oxygen atoms in total. The highest BCUT2D eigenvalue weighted by molar-refractivity contribution is 8.00. The highest BCUT2D eigenvalue weighted by Gasteiger charge is 2.45. The predicted octanol–water partition coefficient (Wildman–Crippen LogP) is 1.37. The van der Waals surface area contributed by atoms with E-state index < -0.39 is 0 Å². The van der Waals surface area contributed by atoms with Gasteiger partial charge < -0.3 is 19.9 Å². The van der Waals surface area contributed by atoms with Gasteiger partial charge in [-0.05, 0) is 13.0 Å². The van der Waals surface area contributed by atoms with E-state index in [9.17, 15) is 5.11 Å². The van der Waals surface area contributed by atoms with Crippen molar-refractivity contribution in [2.45, 2.75) is 55.4 Å². The minimum absolute atomic E-state index is 0.231. The predicted molar refractivity (Wildman–Crippen MR) is 73.9 cm³/mol. The fourth-order valence-corrected chi connectivity index (χ4v) is 4.31. The van der Waals surface area contributed by atoms with Crippen LogP contribution in [0.15, 0.2) is 0 Å². The Kier molecular flexibility index (Phi) is 5.33. The van der Waals surface area contributed by atoms with Crippen LogP contribution in [0, 0.1) is 0 Å².